The van der Waals surface area contributed by atoms with Crippen molar-refractivity contribution < 1.29 is 9.21 Å². The number of hydrogen-bond acceptors (Lipinski definition) is 7. The Bertz CT molecular complexity index is 1330. The summed E-state index contributed by atoms with van der Waals surface area (Å²) < 4.78 is 5.59. The van der Waals surface area contributed by atoms with Gasteiger partial charge < -0.3 is 9.40 Å². The molecular formula is C23H21N5O3S. The second-order valence-corrected chi connectivity index (χ2v) is 8.65. The van der Waals surface area contributed by atoms with E-state index in [2.05, 4.69) is 15.1 Å². The minimum atomic E-state index is -0.276. The van der Waals surface area contributed by atoms with Crippen LogP contribution in [0.25, 0.3) is 10.9 Å². The molecule has 0 bridgehead atoms. The van der Waals surface area contributed by atoms with Gasteiger partial charge in [0.15, 0.2) is 0 Å². The van der Waals surface area contributed by atoms with Crippen LogP contribution in [-0.2, 0) is 11.3 Å². The van der Waals surface area contributed by atoms with Crippen LogP contribution in [0, 0.1) is 0 Å². The van der Waals surface area contributed by atoms with Crippen LogP contribution < -0.4 is 5.56 Å². The predicted octanol–water partition coefficient (Wildman–Crippen LogP) is 3.39. The highest BCUT2D eigenvalue weighted by molar-refractivity contribution is 7.12. The number of furan rings is 1. The number of fused-ring (bicyclic) bond motifs is 1. The van der Waals surface area contributed by atoms with Crippen LogP contribution in [0.4, 0.5) is 0 Å². The van der Waals surface area contributed by atoms with Crippen LogP contribution in [0.15, 0.2) is 74.5 Å². The number of benzene rings is 1. The van der Waals surface area contributed by atoms with Crippen molar-refractivity contribution >= 4 is 33.9 Å². The molecule has 5 rings (SSSR count). The maximum Gasteiger partial charge on any atom is 0.258 e. The predicted molar refractivity (Wildman–Crippen MR) is 122 cm³/mol. The van der Waals surface area contributed by atoms with E-state index in [4.69, 9.17) is 4.42 Å². The molecule has 4 heterocycles. The molecule has 0 spiro atoms. The smallest absolute Gasteiger partial charge is 0.258 e. The summed E-state index contributed by atoms with van der Waals surface area (Å²) in [4.78, 5) is 35.7. The highest BCUT2D eigenvalue weighted by Gasteiger charge is 2.35. The summed E-state index contributed by atoms with van der Waals surface area (Å²) >= 11 is 1.60. The van der Waals surface area contributed by atoms with Crippen molar-refractivity contribution in [3.05, 3.63) is 87.0 Å². The molecule has 1 aromatic carbocycles. The van der Waals surface area contributed by atoms with E-state index in [1.165, 1.54) is 5.01 Å². The molecule has 1 N–H and O–H groups in total. The van der Waals surface area contributed by atoms with Crippen molar-refractivity contribution in [3.8, 4) is 0 Å². The van der Waals surface area contributed by atoms with Gasteiger partial charge in [-0.05, 0) is 42.8 Å². The third kappa shape index (κ3) is 4.00. The van der Waals surface area contributed by atoms with Crippen LogP contribution in [0.1, 0.15) is 28.9 Å². The van der Waals surface area contributed by atoms with Gasteiger partial charge >= 0.3 is 0 Å². The van der Waals surface area contributed by atoms with Gasteiger partial charge in [0.1, 0.15) is 17.6 Å². The minimum Gasteiger partial charge on any atom is -0.467 e. The summed E-state index contributed by atoms with van der Waals surface area (Å²) in [5, 5.41) is 8.69. The van der Waals surface area contributed by atoms with Gasteiger partial charge in [-0.2, -0.15) is 5.10 Å². The highest BCUT2D eigenvalue weighted by Crippen LogP contribution is 2.34. The Labute approximate surface area is 187 Å². The molecule has 1 aliphatic rings. The first kappa shape index (κ1) is 20.3. The van der Waals surface area contributed by atoms with E-state index in [0.717, 1.165) is 10.6 Å². The molecule has 0 radical (unpaired) electrons. The van der Waals surface area contributed by atoms with Crippen LogP contribution in [0.3, 0.4) is 0 Å². The van der Waals surface area contributed by atoms with E-state index in [1.807, 2.05) is 47.7 Å². The molecule has 4 aromatic rings. The molecular weight excluding hydrogens is 426 g/mol. The maximum atomic E-state index is 13.2. The summed E-state index contributed by atoms with van der Waals surface area (Å²) in [6, 6.07) is 14.6. The number of H-pyrrole nitrogens is 1. The number of carbonyl (C=O) groups is 1. The lowest BCUT2D eigenvalue weighted by atomic mass is 10.1. The fourth-order valence-corrected chi connectivity index (χ4v) is 4.58. The Morgan fingerprint density at radius 3 is 2.91 bits per heavy atom. The number of carbonyl (C=O) groups excluding carboxylic acids is 1. The fourth-order valence-electron chi connectivity index (χ4n) is 3.86. The second kappa shape index (κ2) is 8.52. The summed E-state index contributed by atoms with van der Waals surface area (Å²) in [5.41, 5.74) is 1.32. The number of hydrogen-bond donors (Lipinski definition) is 1. The maximum absolute atomic E-state index is 13.2. The van der Waals surface area contributed by atoms with Gasteiger partial charge in [0.2, 0.25) is 0 Å². The van der Waals surface area contributed by atoms with Gasteiger partial charge in [-0.1, -0.05) is 18.2 Å². The Morgan fingerprint density at radius 2 is 2.12 bits per heavy atom. The molecule has 8 nitrogen and oxygen atoms in total. The lowest BCUT2D eigenvalue weighted by Crippen LogP contribution is -2.36. The third-order valence-corrected chi connectivity index (χ3v) is 6.25. The van der Waals surface area contributed by atoms with Crippen molar-refractivity contribution in [2.45, 2.75) is 19.0 Å². The zero-order chi connectivity index (χ0) is 22.1. The van der Waals surface area contributed by atoms with Crippen LogP contribution in [0.5, 0.6) is 0 Å². The first-order valence-corrected chi connectivity index (χ1v) is 11.1. The first-order valence-electron chi connectivity index (χ1n) is 10.2. The number of rotatable bonds is 6. The SMILES string of the molecule is CN(CC(=O)N1N=C(c2cccs2)C[C@H]1c1ccco1)Cc1nc2ccccc2c(=O)[nH]1. The molecule has 162 valence electrons. The van der Waals surface area contributed by atoms with E-state index in [9.17, 15) is 9.59 Å². The summed E-state index contributed by atoms with van der Waals surface area (Å²) in [5.74, 6) is 1.07. The first-order chi connectivity index (χ1) is 15.6. The van der Waals surface area contributed by atoms with Crippen molar-refractivity contribution in [1.29, 1.82) is 0 Å². The number of thiophene rings is 1. The van der Waals surface area contributed by atoms with Gasteiger partial charge in [0.05, 0.1) is 40.8 Å². The Hall–Kier alpha value is -3.56. The normalized spacial score (nSPS) is 16.1. The number of aromatic nitrogens is 2. The van der Waals surface area contributed by atoms with E-state index in [1.54, 1.807) is 35.8 Å². The van der Waals surface area contributed by atoms with E-state index in [0.29, 0.717) is 35.5 Å². The molecule has 0 aliphatic carbocycles. The average molecular weight is 448 g/mol. The van der Waals surface area contributed by atoms with Crippen LogP contribution in [-0.4, -0.2) is 45.1 Å². The molecule has 1 aliphatic heterocycles. The van der Waals surface area contributed by atoms with Gasteiger partial charge in [-0.3, -0.25) is 14.5 Å². The molecule has 1 atom stereocenters. The molecule has 0 unspecified atom stereocenters. The van der Waals surface area contributed by atoms with Gasteiger partial charge in [-0.25, -0.2) is 9.99 Å². The van der Waals surface area contributed by atoms with Gasteiger partial charge in [0, 0.05) is 6.42 Å². The number of para-hydroxylation sites is 1. The molecule has 3 aromatic heterocycles. The quantitative estimate of drug-likeness (QED) is 0.489. The minimum absolute atomic E-state index is 0.120. The third-order valence-electron chi connectivity index (χ3n) is 5.33. The van der Waals surface area contributed by atoms with Gasteiger partial charge in [0.25, 0.3) is 11.5 Å². The van der Waals surface area contributed by atoms with Crippen molar-refractivity contribution in [2.75, 3.05) is 13.6 Å². The van der Waals surface area contributed by atoms with E-state index >= 15 is 0 Å². The Kier molecular flexibility index (Phi) is 5.42. The number of likely N-dealkylation sites (N-methyl/N-ethyl adjacent to an activating group) is 1. The van der Waals surface area contributed by atoms with Crippen molar-refractivity contribution in [1.82, 2.24) is 19.9 Å². The number of nitrogens with one attached hydrogen (secondary N) is 1. The monoisotopic (exact) mass is 447 g/mol. The lowest BCUT2D eigenvalue weighted by molar-refractivity contribution is -0.134. The number of nitrogens with zero attached hydrogens (tertiary/aromatic N) is 4. The summed E-state index contributed by atoms with van der Waals surface area (Å²) in [6.45, 7) is 0.446. The zero-order valence-corrected chi connectivity index (χ0v) is 18.2. The summed E-state index contributed by atoms with van der Waals surface area (Å²) in [7, 11) is 1.81. The lowest BCUT2D eigenvalue weighted by Gasteiger charge is -2.23. The molecule has 1 amide bonds. The highest BCUT2D eigenvalue weighted by atomic mass is 32.1. The number of aromatic amines is 1. The standard InChI is InChI=1S/C23H21N5O3S/c1-27(13-21-24-16-7-3-2-6-15(16)23(30)25-21)14-22(29)28-18(19-8-4-10-31-19)12-17(26-28)20-9-5-11-32-20/h2-11,18H,12-14H2,1H3,(H,24,25,30)/t18-/m0/s1. The molecule has 0 fully saturated rings. The number of amides is 1. The fraction of sp³-hybridized carbons (Fsp3) is 0.217. The average Bonchev–Trinajstić information content (AvgIpc) is 3.54. The molecule has 0 saturated carbocycles. The van der Waals surface area contributed by atoms with Crippen molar-refractivity contribution in [3.63, 3.8) is 0 Å². The topological polar surface area (TPSA) is 94.8 Å². The molecule has 0 saturated heterocycles. The largest absolute Gasteiger partial charge is 0.467 e. The van der Waals surface area contributed by atoms with Gasteiger partial charge in [-0.15, -0.1) is 11.3 Å². The number of hydrazone groups is 1. The van der Waals surface area contributed by atoms with Crippen LogP contribution >= 0.6 is 11.3 Å². The Morgan fingerprint density at radius 1 is 1.25 bits per heavy atom. The molecule has 9 heteroatoms. The van der Waals surface area contributed by atoms with Crippen LogP contribution in [0.2, 0.25) is 0 Å². The van der Waals surface area contributed by atoms with E-state index in [-0.39, 0.29) is 24.1 Å². The van der Waals surface area contributed by atoms with Crippen molar-refractivity contribution in [2.24, 2.45) is 5.10 Å². The summed E-state index contributed by atoms with van der Waals surface area (Å²) in [6.07, 6.45) is 2.21. The Balaban J connectivity index is 1.34. The molecule has 32 heavy (non-hydrogen) atoms. The zero-order valence-electron chi connectivity index (χ0n) is 17.4. The van der Waals surface area contributed by atoms with E-state index < -0.39 is 0 Å². The second-order valence-electron chi connectivity index (χ2n) is 7.70.